The molecule has 2 heterocycles. The Morgan fingerprint density at radius 1 is 1.04 bits per heavy atom. The first-order chi connectivity index (χ1) is 12.7. The summed E-state index contributed by atoms with van der Waals surface area (Å²) < 4.78 is 1.84. The Kier molecular flexibility index (Phi) is 4.19. The van der Waals surface area contributed by atoms with Crippen molar-refractivity contribution in [1.82, 2.24) is 14.8 Å². The zero-order chi connectivity index (χ0) is 17.9. The summed E-state index contributed by atoms with van der Waals surface area (Å²) in [6, 6.07) is 19.7. The number of para-hydroxylation sites is 1. The van der Waals surface area contributed by atoms with E-state index in [2.05, 4.69) is 15.4 Å². The number of fused-ring (bicyclic) bond motifs is 1. The van der Waals surface area contributed by atoms with Crippen LogP contribution in [0.25, 0.3) is 10.9 Å². The highest BCUT2D eigenvalue weighted by Gasteiger charge is 2.15. The van der Waals surface area contributed by atoms with Crippen molar-refractivity contribution in [3.63, 3.8) is 0 Å². The number of rotatable bonds is 4. The highest BCUT2D eigenvalue weighted by Crippen LogP contribution is 2.22. The maximum Gasteiger partial charge on any atom is 0.259 e. The SMILES string of the molecule is Cc1c(C(=O)Nc2cccc3cccnc23)cnn1Cc1ccccc1. The van der Waals surface area contributed by atoms with Gasteiger partial charge in [-0.25, -0.2) is 0 Å². The van der Waals surface area contributed by atoms with Crippen molar-refractivity contribution >= 4 is 22.5 Å². The number of nitrogens with one attached hydrogen (secondary N) is 1. The second-order valence-corrected chi connectivity index (χ2v) is 6.12. The third-order valence-electron chi connectivity index (χ3n) is 4.40. The molecule has 0 bridgehead atoms. The minimum atomic E-state index is -0.181. The van der Waals surface area contributed by atoms with Gasteiger partial charge in [0.25, 0.3) is 5.91 Å². The molecule has 0 spiro atoms. The first-order valence-corrected chi connectivity index (χ1v) is 8.44. The van der Waals surface area contributed by atoms with Crippen LogP contribution in [0.15, 0.2) is 73.1 Å². The summed E-state index contributed by atoms with van der Waals surface area (Å²) in [5.41, 5.74) is 4.01. The molecule has 0 saturated heterocycles. The zero-order valence-electron chi connectivity index (χ0n) is 14.4. The van der Waals surface area contributed by atoms with Crippen LogP contribution in [0.3, 0.4) is 0 Å². The standard InChI is InChI=1S/C21H18N4O/c1-15-18(13-23-25(15)14-16-7-3-2-4-8-16)21(26)24-19-11-5-9-17-10-6-12-22-20(17)19/h2-13H,14H2,1H3,(H,24,26). The van der Waals surface area contributed by atoms with E-state index < -0.39 is 0 Å². The van der Waals surface area contributed by atoms with E-state index in [1.165, 1.54) is 0 Å². The number of hydrogen-bond acceptors (Lipinski definition) is 3. The molecule has 128 valence electrons. The average Bonchev–Trinajstić information content (AvgIpc) is 3.03. The van der Waals surface area contributed by atoms with E-state index >= 15 is 0 Å². The predicted molar refractivity (Wildman–Crippen MR) is 102 cm³/mol. The predicted octanol–water partition coefficient (Wildman–Crippen LogP) is 4.04. The lowest BCUT2D eigenvalue weighted by Crippen LogP contribution is -2.14. The average molecular weight is 342 g/mol. The quantitative estimate of drug-likeness (QED) is 0.609. The summed E-state index contributed by atoms with van der Waals surface area (Å²) in [7, 11) is 0. The molecule has 0 radical (unpaired) electrons. The van der Waals surface area contributed by atoms with Crippen molar-refractivity contribution in [1.29, 1.82) is 0 Å². The van der Waals surface area contributed by atoms with Crippen LogP contribution < -0.4 is 5.32 Å². The molecular formula is C21H18N4O. The van der Waals surface area contributed by atoms with Crippen LogP contribution in [0.4, 0.5) is 5.69 Å². The van der Waals surface area contributed by atoms with Gasteiger partial charge < -0.3 is 5.32 Å². The Labute approximate surface area is 151 Å². The molecule has 0 atom stereocenters. The normalized spacial score (nSPS) is 10.8. The number of nitrogens with zero attached hydrogens (tertiary/aromatic N) is 3. The van der Waals surface area contributed by atoms with E-state index in [1.54, 1.807) is 12.4 Å². The number of carbonyl (C=O) groups is 1. The molecule has 1 amide bonds. The number of benzene rings is 2. The highest BCUT2D eigenvalue weighted by atomic mass is 16.1. The fourth-order valence-corrected chi connectivity index (χ4v) is 2.98. The van der Waals surface area contributed by atoms with Crippen molar-refractivity contribution < 1.29 is 4.79 Å². The topological polar surface area (TPSA) is 59.8 Å². The van der Waals surface area contributed by atoms with E-state index in [0.29, 0.717) is 17.8 Å². The fourth-order valence-electron chi connectivity index (χ4n) is 2.98. The number of amides is 1. The molecule has 5 nitrogen and oxygen atoms in total. The summed E-state index contributed by atoms with van der Waals surface area (Å²) in [5, 5.41) is 8.33. The number of carbonyl (C=O) groups excluding carboxylic acids is 1. The van der Waals surface area contributed by atoms with Gasteiger partial charge in [0, 0.05) is 17.3 Å². The molecule has 5 heteroatoms. The number of aromatic nitrogens is 3. The molecule has 2 aromatic heterocycles. The molecule has 2 aromatic carbocycles. The first-order valence-electron chi connectivity index (χ1n) is 8.44. The van der Waals surface area contributed by atoms with Gasteiger partial charge in [0.15, 0.2) is 0 Å². The Morgan fingerprint density at radius 2 is 1.85 bits per heavy atom. The van der Waals surface area contributed by atoms with Gasteiger partial charge in [-0.3, -0.25) is 14.5 Å². The minimum Gasteiger partial charge on any atom is -0.320 e. The van der Waals surface area contributed by atoms with Crippen LogP contribution >= 0.6 is 0 Å². The van der Waals surface area contributed by atoms with Crippen molar-refractivity contribution in [3.05, 3.63) is 89.9 Å². The van der Waals surface area contributed by atoms with Gasteiger partial charge in [0.05, 0.1) is 29.5 Å². The first kappa shape index (κ1) is 16.0. The van der Waals surface area contributed by atoms with Gasteiger partial charge in [-0.1, -0.05) is 48.5 Å². The van der Waals surface area contributed by atoms with Crippen molar-refractivity contribution in [2.24, 2.45) is 0 Å². The molecule has 0 fully saturated rings. The second kappa shape index (κ2) is 6.80. The summed E-state index contributed by atoms with van der Waals surface area (Å²) in [5.74, 6) is -0.181. The van der Waals surface area contributed by atoms with E-state index in [0.717, 1.165) is 22.2 Å². The van der Waals surface area contributed by atoms with Crippen LogP contribution in [0.2, 0.25) is 0 Å². The largest absolute Gasteiger partial charge is 0.320 e. The highest BCUT2D eigenvalue weighted by molar-refractivity contribution is 6.08. The molecule has 0 aliphatic rings. The molecule has 0 unspecified atom stereocenters. The monoisotopic (exact) mass is 342 g/mol. The van der Waals surface area contributed by atoms with Gasteiger partial charge in [0.2, 0.25) is 0 Å². The number of anilines is 1. The third-order valence-corrected chi connectivity index (χ3v) is 4.40. The molecule has 26 heavy (non-hydrogen) atoms. The number of hydrogen-bond donors (Lipinski definition) is 1. The zero-order valence-corrected chi connectivity index (χ0v) is 14.4. The molecule has 4 rings (SSSR count). The van der Waals surface area contributed by atoms with E-state index in [-0.39, 0.29) is 5.91 Å². The Hall–Kier alpha value is -3.47. The van der Waals surface area contributed by atoms with Crippen LogP contribution in [0.1, 0.15) is 21.6 Å². The lowest BCUT2D eigenvalue weighted by molar-refractivity contribution is 0.102. The Balaban J connectivity index is 1.59. The maximum absolute atomic E-state index is 12.8. The van der Waals surface area contributed by atoms with Gasteiger partial charge in [-0.05, 0) is 24.6 Å². The molecule has 4 aromatic rings. The third kappa shape index (κ3) is 3.07. The Morgan fingerprint density at radius 3 is 2.69 bits per heavy atom. The summed E-state index contributed by atoms with van der Waals surface area (Å²) in [4.78, 5) is 17.1. The number of pyridine rings is 1. The van der Waals surface area contributed by atoms with E-state index in [1.807, 2.05) is 72.3 Å². The summed E-state index contributed by atoms with van der Waals surface area (Å²) >= 11 is 0. The summed E-state index contributed by atoms with van der Waals surface area (Å²) in [6.07, 6.45) is 3.34. The fraction of sp³-hybridized carbons (Fsp3) is 0.0952. The van der Waals surface area contributed by atoms with E-state index in [4.69, 9.17) is 0 Å². The minimum absolute atomic E-state index is 0.181. The lowest BCUT2D eigenvalue weighted by atomic mass is 10.1. The lowest BCUT2D eigenvalue weighted by Gasteiger charge is -2.08. The molecule has 0 aliphatic carbocycles. The van der Waals surface area contributed by atoms with Crippen LogP contribution in [-0.4, -0.2) is 20.7 Å². The molecule has 0 saturated carbocycles. The van der Waals surface area contributed by atoms with E-state index in [9.17, 15) is 4.79 Å². The van der Waals surface area contributed by atoms with Gasteiger partial charge in [0.1, 0.15) is 0 Å². The van der Waals surface area contributed by atoms with Crippen LogP contribution in [0.5, 0.6) is 0 Å². The van der Waals surface area contributed by atoms with Gasteiger partial charge in [-0.15, -0.1) is 0 Å². The molecule has 1 N–H and O–H groups in total. The second-order valence-electron chi connectivity index (χ2n) is 6.12. The maximum atomic E-state index is 12.8. The van der Waals surface area contributed by atoms with Gasteiger partial charge in [-0.2, -0.15) is 5.10 Å². The summed E-state index contributed by atoms with van der Waals surface area (Å²) in [6.45, 7) is 2.54. The van der Waals surface area contributed by atoms with Crippen molar-refractivity contribution in [2.75, 3.05) is 5.32 Å². The van der Waals surface area contributed by atoms with Crippen molar-refractivity contribution in [3.8, 4) is 0 Å². The van der Waals surface area contributed by atoms with Crippen molar-refractivity contribution in [2.45, 2.75) is 13.5 Å². The molecular weight excluding hydrogens is 324 g/mol. The molecule has 0 aliphatic heterocycles. The van der Waals surface area contributed by atoms with Crippen LogP contribution in [-0.2, 0) is 6.54 Å². The van der Waals surface area contributed by atoms with Gasteiger partial charge >= 0.3 is 0 Å². The van der Waals surface area contributed by atoms with Crippen LogP contribution in [0, 0.1) is 6.92 Å². The smallest absolute Gasteiger partial charge is 0.259 e. The Bertz CT molecular complexity index is 1060.